The predicted octanol–water partition coefficient (Wildman–Crippen LogP) is 3.09. The van der Waals surface area contributed by atoms with Crippen LogP contribution >= 0.6 is 0 Å². The molecule has 0 saturated carbocycles. The van der Waals surface area contributed by atoms with Crippen molar-refractivity contribution in [2.45, 2.75) is 34.1 Å². The van der Waals surface area contributed by atoms with Crippen LogP contribution in [0.3, 0.4) is 0 Å². The summed E-state index contributed by atoms with van der Waals surface area (Å²) < 4.78 is 0. The van der Waals surface area contributed by atoms with E-state index in [4.69, 9.17) is 5.73 Å². The number of allylic oxidation sites excluding steroid dienone is 4. The van der Waals surface area contributed by atoms with Crippen molar-refractivity contribution in [1.82, 2.24) is 0 Å². The topological polar surface area (TPSA) is 26.0 Å². The molecule has 0 heterocycles. The van der Waals surface area contributed by atoms with E-state index in [1.165, 1.54) is 5.57 Å². The van der Waals surface area contributed by atoms with E-state index in [1.807, 2.05) is 0 Å². The third-order valence-corrected chi connectivity index (χ3v) is 2.85. The summed E-state index contributed by atoms with van der Waals surface area (Å²) in [5, 5.41) is 0. The summed E-state index contributed by atoms with van der Waals surface area (Å²) in [5.74, 6) is 1.76. The maximum Gasteiger partial charge on any atom is 0.0153 e. The number of rotatable bonds is 2. The summed E-state index contributed by atoms with van der Waals surface area (Å²) in [4.78, 5) is 0. The summed E-state index contributed by atoms with van der Waals surface area (Å²) in [6, 6.07) is 0. The van der Waals surface area contributed by atoms with Gasteiger partial charge in [-0.3, -0.25) is 0 Å². The van der Waals surface area contributed by atoms with Crippen molar-refractivity contribution >= 4 is 0 Å². The Morgan fingerprint density at radius 1 is 1.31 bits per heavy atom. The van der Waals surface area contributed by atoms with Gasteiger partial charge in [0, 0.05) is 11.6 Å². The Morgan fingerprint density at radius 3 is 2.38 bits per heavy atom. The molecule has 0 aromatic heterocycles. The summed E-state index contributed by atoms with van der Waals surface area (Å²) >= 11 is 0. The van der Waals surface area contributed by atoms with Crippen molar-refractivity contribution in [3.63, 3.8) is 0 Å². The van der Waals surface area contributed by atoms with Crippen LogP contribution in [-0.4, -0.2) is 0 Å². The maximum absolute atomic E-state index is 6.15. The van der Waals surface area contributed by atoms with E-state index in [9.17, 15) is 0 Å². The lowest BCUT2D eigenvalue weighted by molar-refractivity contribution is 0.432. The molecular formula is C12H21N. The van der Waals surface area contributed by atoms with Crippen molar-refractivity contribution in [2.75, 3.05) is 0 Å². The van der Waals surface area contributed by atoms with Gasteiger partial charge in [-0.15, -0.1) is 0 Å². The molecule has 0 fully saturated rings. The van der Waals surface area contributed by atoms with E-state index in [-0.39, 0.29) is 0 Å². The molecule has 1 aliphatic rings. The Bertz CT molecular complexity index is 234. The lowest BCUT2D eigenvalue weighted by Gasteiger charge is -2.27. The van der Waals surface area contributed by atoms with E-state index in [0.29, 0.717) is 17.8 Å². The molecule has 0 aliphatic heterocycles. The first-order chi connectivity index (χ1) is 6.04. The molecule has 0 aromatic carbocycles. The highest BCUT2D eigenvalue weighted by Crippen LogP contribution is 2.30. The monoisotopic (exact) mass is 179 g/mol. The summed E-state index contributed by atoms with van der Waals surface area (Å²) in [6.45, 7) is 8.90. The highest BCUT2D eigenvalue weighted by molar-refractivity contribution is 5.31. The van der Waals surface area contributed by atoms with Gasteiger partial charge in [0.1, 0.15) is 0 Å². The molecule has 0 amide bonds. The smallest absolute Gasteiger partial charge is 0.0153 e. The fourth-order valence-electron chi connectivity index (χ4n) is 1.94. The van der Waals surface area contributed by atoms with Crippen LogP contribution in [0.15, 0.2) is 23.4 Å². The fourth-order valence-corrected chi connectivity index (χ4v) is 1.94. The zero-order valence-corrected chi connectivity index (χ0v) is 9.17. The first kappa shape index (κ1) is 10.4. The Balaban J connectivity index is 2.91. The van der Waals surface area contributed by atoms with Gasteiger partial charge in [-0.1, -0.05) is 39.8 Å². The molecule has 0 bridgehead atoms. The van der Waals surface area contributed by atoms with Crippen molar-refractivity contribution in [1.29, 1.82) is 0 Å². The van der Waals surface area contributed by atoms with Crippen molar-refractivity contribution in [2.24, 2.45) is 23.5 Å². The van der Waals surface area contributed by atoms with Gasteiger partial charge in [-0.05, 0) is 23.8 Å². The Morgan fingerprint density at radius 2 is 1.92 bits per heavy atom. The van der Waals surface area contributed by atoms with Crippen molar-refractivity contribution < 1.29 is 0 Å². The molecule has 1 aliphatic carbocycles. The second-order valence-electron chi connectivity index (χ2n) is 4.55. The summed E-state index contributed by atoms with van der Waals surface area (Å²) in [6.07, 6.45) is 5.56. The molecule has 0 saturated heterocycles. The first-order valence-corrected chi connectivity index (χ1v) is 5.20. The number of hydrogen-bond donors (Lipinski definition) is 1. The molecular weight excluding hydrogens is 158 g/mol. The Kier molecular flexibility index (Phi) is 3.18. The minimum Gasteiger partial charge on any atom is -0.402 e. The molecule has 1 atom stereocenters. The zero-order chi connectivity index (χ0) is 10.0. The Labute approximate surface area is 81.7 Å². The van der Waals surface area contributed by atoms with Crippen LogP contribution in [0.4, 0.5) is 0 Å². The van der Waals surface area contributed by atoms with Gasteiger partial charge in [-0.25, -0.2) is 0 Å². The summed E-state index contributed by atoms with van der Waals surface area (Å²) in [5.41, 5.74) is 8.61. The number of hydrogen-bond acceptors (Lipinski definition) is 1. The normalized spacial score (nSPS) is 23.4. The highest BCUT2D eigenvalue weighted by atomic mass is 14.6. The van der Waals surface area contributed by atoms with Gasteiger partial charge >= 0.3 is 0 Å². The van der Waals surface area contributed by atoms with Gasteiger partial charge in [0.25, 0.3) is 0 Å². The molecule has 1 nitrogen and oxygen atoms in total. The lowest BCUT2D eigenvalue weighted by atomic mass is 9.81. The van der Waals surface area contributed by atoms with Crippen LogP contribution in [0, 0.1) is 17.8 Å². The minimum absolute atomic E-state index is 0.554. The van der Waals surface area contributed by atoms with Gasteiger partial charge in [0.15, 0.2) is 0 Å². The van der Waals surface area contributed by atoms with Crippen LogP contribution in [0.5, 0.6) is 0 Å². The van der Waals surface area contributed by atoms with E-state index < -0.39 is 0 Å². The van der Waals surface area contributed by atoms with Crippen LogP contribution in [0.2, 0.25) is 0 Å². The fraction of sp³-hybridized carbons (Fsp3) is 0.667. The average molecular weight is 179 g/mol. The molecule has 0 radical (unpaired) electrons. The quantitative estimate of drug-likeness (QED) is 0.692. The molecule has 2 N–H and O–H groups in total. The predicted molar refractivity (Wildman–Crippen MR) is 58.1 cm³/mol. The SMILES string of the molecule is CC(C)C1=C(N)C(C(C)C)CC=C1. The first-order valence-electron chi connectivity index (χ1n) is 5.20. The molecule has 1 unspecified atom stereocenters. The molecule has 74 valence electrons. The van der Waals surface area contributed by atoms with E-state index >= 15 is 0 Å². The standard InChI is InChI=1S/C12H21N/c1-8(2)10-6-5-7-11(9(3)4)12(10)13/h5-6,8-9,11H,7,13H2,1-4H3. The second kappa shape index (κ2) is 3.99. The molecule has 0 aromatic rings. The van der Waals surface area contributed by atoms with Crippen LogP contribution in [-0.2, 0) is 0 Å². The van der Waals surface area contributed by atoms with Gasteiger partial charge in [-0.2, -0.15) is 0 Å². The number of nitrogens with two attached hydrogens (primary N) is 1. The zero-order valence-electron chi connectivity index (χ0n) is 9.17. The molecule has 0 spiro atoms. The third kappa shape index (κ3) is 2.15. The average Bonchev–Trinajstić information content (AvgIpc) is 2.03. The third-order valence-electron chi connectivity index (χ3n) is 2.85. The van der Waals surface area contributed by atoms with Crippen molar-refractivity contribution in [3.8, 4) is 0 Å². The molecule has 13 heavy (non-hydrogen) atoms. The van der Waals surface area contributed by atoms with Gasteiger partial charge in [0.05, 0.1) is 0 Å². The summed E-state index contributed by atoms with van der Waals surface area (Å²) in [7, 11) is 0. The van der Waals surface area contributed by atoms with Crippen LogP contribution in [0.25, 0.3) is 0 Å². The van der Waals surface area contributed by atoms with Crippen LogP contribution < -0.4 is 5.73 Å². The maximum atomic E-state index is 6.15. The van der Waals surface area contributed by atoms with E-state index in [1.54, 1.807) is 0 Å². The van der Waals surface area contributed by atoms with Crippen molar-refractivity contribution in [3.05, 3.63) is 23.4 Å². The van der Waals surface area contributed by atoms with Crippen LogP contribution in [0.1, 0.15) is 34.1 Å². The van der Waals surface area contributed by atoms with Gasteiger partial charge < -0.3 is 5.73 Å². The minimum atomic E-state index is 0.554. The van der Waals surface area contributed by atoms with E-state index in [0.717, 1.165) is 12.1 Å². The molecule has 1 heteroatoms. The second-order valence-corrected chi connectivity index (χ2v) is 4.55. The molecule has 1 rings (SSSR count). The van der Waals surface area contributed by atoms with E-state index in [2.05, 4.69) is 39.8 Å². The largest absolute Gasteiger partial charge is 0.402 e. The highest BCUT2D eigenvalue weighted by Gasteiger charge is 2.21. The van der Waals surface area contributed by atoms with Gasteiger partial charge in [0.2, 0.25) is 0 Å². The lowest BCUT2D eigenvalue weighted by Crippen LogP contribution is -2.22. The Hall–Kier alpha value is -0.720.